The van der Waals surface area contributed by atoms with Crippen molar-refractivity contribution < 1.29 is 0 Å². The standard InChI is InChI=1S/C9H14N2/c1-7-4-3-5-11-6-8(2)10-9(7)11/h6-7H,3-5H2,1-2H3/t7-/m1/s1. The lowest BCUT2D eigenvalue weighted by Crippen LogP contribution is -2.12. The number of aromatic nitrogens is 2. The summed E-state index contributed by atoms with van der Waals surface area (Å²) in [5, 5.41) is 0. The second-order valence-corrected chi connectivity index (χ2v) is 3.48. The number of nitrogens with zero attached hydrogens (tertiary/aromatic N) is 2. The van der Waals surface area contributed by atoms with Gasteiger partial charge in [-0.15, -0.1) is 0 Å². The van der Waals surface area contributed by atoms with Gasteiger partial charge in [-0.2, -0.15) is 0 Å². The molecule has 1 aliphatic rings. The molecule has 0 unspecified atom stereocenters. The first-order valence-corrected chi connectivity index (χ1v) is 4.31. The summed E-state index contributed by atoms with van der Waals surface area (Å²) in [6, 6.07) is 0. The van der Waals surface area contributed by atoms with Crippen LogP contribution in [0.3, 0.4) is 0 Å². The Morgan fingerprint density at radius 3 is 3.18 bits per heavy atom. The van der Waals surface area contributed by atoms with Crippen LogP contribution in [0.15, 0.2) is 6.20 Å². The van der Waals surface area contributed by atoms with E-state index in [9.17, 15) is 0 Å². The van der Waals surface area contributed by atoms with Crippen molar-refractivity contribution in [1.29, 1.82) is 0 Å². The number of hydrogen-bond acceptors (Lipinski definition) is 1. The summed E-state index contributed by atoms with van der Waals surface area (Å²) in [5.41, 5.74) is 1.16. The van der Waals surface area contributed by atoms with Crippen molar-refractivity contribution in [3.05, 3.63) is 17.7 Å². The lowest BCUT2D eigenvalue weighted by atomic mass is 10.0. The molecule has 0 aliphatic carbocycles. The summed E-state index contributed by atoms with van der Waals surface area (Å²) >= 11 is 0. The van der Waals surface area contributed by atoms with Gasteiger partial charge in [-0.25, -0.2) is 4.98 Å². The van der Waals surface area contributed by atoms with Crippen LogP contribution >= 0.6 is 0 Å². The number of aryl methyl sites for hydroxylation is 2. The molecule has 11 heavy (non-hydrogen) atoms. The Bertz CT molecular complexity index is 263. The van der Waals surface area contributed by atoms with E-state index in [0.717, 1.165) is 5.69 Å². The van der Waals surface area contributed by atoms with Gasteiger partial charge in [-0.1, -0.05) is 6.92 Å². The van der Waals surface area contributed by atoms with Gasteiger partial charge < -0.3 is 4.57 Å². The predicted molar refractivity (Wildman–Crippen MR) is 44.6 cm³/mol. The molecule has 0 spiro atoms. The lowest BCUT2D eigenvalue weighted by molar-refractivity contribution is 0.463. The molecule has 2 rings (SSSR count). The third kappa shape index (κ3) is 1.06. The molecule has 0 aromatic carbocycles. The van der Waals surface area contributed by atoms with Crippen LogP contribution < -0.4 is 0 Å². The van der Waals surface area contributed by atoms with Crippen molar-refractivity contribution in [3.63, 3.8) is 0 Å². The molecule has 1 aromatic heterocycles. The van der Waals surface area contributed by atoms with Crippen molar-refractivity contribution in [2.45, 2.75) is 39.2 Å². The molecule has 0 radical (unpaired) electrons. The van der Waals surface area contributed by atoms with Crippen LogP contribution in [0.2, 0.25) is 0 Å². The minimum Gasteiger partial charge on any atom is -0.334 e. The summed E-state index contributed by atoms with van der Waals surface area (Å²) < 4.78 is 2.30. The molecule has 1 atom stereocenters. The Kier molecular flexibility index (Phi) is 1.48. The molecule has 2 heterocycles. The maximum Gasteiger partial charge on any atom is 0.111 e. The van der Waals surface area contributed by atoms with Crippen molar-refractivity contribution >= 4 is 0 Å². The highest BCUT2D eigenvalue weighted by atomic mass is 15.1. The monoisotopic (exact) mass is 150 g/mol. The maximum atomic E-state index is 4.50. The topological polar surface area (TPSA) is 17.8 Å². The van der Waals surface area contributed by atoms with Gasteiger partial charge >= 0.3 is 0 Å². The molecular formula is C9H14N2. The molecule has 0 saturated carbocycles. The van der Waals surface area contributed by atoms with E-state index in [2.05, 4.69) is 29.6 Å². The van der Waals surface area contributed by atoms with Gasteiger partial charge in [0.15, 0.2) is 0 Å². The number of hydrogen-bond donors (Lipinski definition) is 0. The van der Waals surface area contributed by atoms with Gasteiger partial charge in [0.1, 0.15) is 5.82 Å². The summed E-state index contributed by atoms with van der Waals surface area (Å²) in [4.78, 5) is 4.50. The Labute approximate surface area is 67.3 Å². The van der Waals surface area contributed by atoms with Crippen LogP contribution in [-0.2, 0) is 6.54 Å². The molecule has 1 aliphatic heterocycles. The van der Waals surface area contributed by atoms with Crippen molar-refractivity contribution in [2.24, 2.45) is 0 Å². The number of imidazole rings is 1. The lowest BCUT2D eigenvalue weighted by Gasteiger charge is -2.19. The SMILES string of the molecule is Cc1cn2c(n1)[C@H](C)CCC2. The quantitative estimate of drug-likeness (QED) is 0.553. The van der Waals surface area contributed by atoms with E-state index in [1.807, 2.05) is 0 Å². The molecule has 2 heteroatoms. The first-order chi connectivity index (χ1) is 5.27. The summed E-state index contributed by atoms with van der Waals surface area (Å²) in [7, 11) is 0. The van der Waals surface area contributed by atoms with E-state index >= 15 is 0 Å². The Hall–Kier alpha value is -0.790. The Morgan fingerprint density at radius 2 is 2.45 bits per heavy atom. The summed E-state index contributed by atoms with van der Waals surface area (Å²) in [6.45, 7) is 5.50. The second-order valence-electron chi connectivity index (χ2n) is 3.48. The molecule has 60 valence electrons. The number of rotatable bonds is 0. The van der Waals surface area contributed by atoms with Crippen LogP contribution in [-0.4, -0.2) is 9.55 Å². The summed E-state index contributed by atoms with van der Waals surface area (Å²) in [6.07, 6.45) is 4.77. The van der Waals surface area contributed by atoms with Crippen LogP contribution in [0.4, 0.5) is 0 Å². The van der Waals surface area contributed by atoms with Crippen LogP contribution in [0, 0.1) is 6.92 Å². The van der Waals surface area contributed by atoms with E-state index in [-0.39, 0.29) is 0 Å². The molecule has 0 N–H and O–H groups in total. The fourth-order valence-electron chi connectivity index (χ4n) is 1.83. The summed E-state index contributed by atoms with van der Waals surface area (Å²) in [5.74, 6) is 1.95. The minimum absolute atomic E-state index is 0.664. The third-order valence-electron chi connectivity index (χ3n) is 2.40. The fourth-order valence-corrected chi connectivity index (χ4v) is 1.83. The largest absolute Gasteiger partial charge is 0.334 e. The average Bonchev–Trinajstić information content (AvgIpc) is 2.31. The zero-order valence-electron chi connectivity index (χ0n) is 7.17. The van der Waals surface area contributed by atoms with Gasteiger partial charge in [0.2, 0.25) is 0 Å². The Morgan fingerprint density at radius 1 is 1.64 bits per heavy atom. The second kappa shape index (κ2) is 2.36. The minimum atomic E-state index is 0.664. The number of fused-ring (bicyclic) bond motifs is 1. The molecule has 2 nitrogen and oxygen atoms in total. The maximum absolute atomic E-state index is 4.50. The van der Waals surface area contributed by atoms with Crippen LogP contribution in [0.25, 0.3) is 0 Å². The molecule has 0 saturated heterocycles. The highest BCUT2D eigenvalue weighted by Gasteiger charge is 2.17. The Balaban J connectivity index is 2.43. The molecular weight excluding hydrogens is 136 g/mol. The van der Waals surface area contributed by atoms with Crippen molar-refractivity contribution in [3.8, 4) is 0 Å². The molecule has 1 aromatic rings. The normalized spacial score (nSPS) is 23.3. The van der Waals surface area contributed by atoms with Crippen LogP contribution in [0.5, 0.6) is 0 Å². The highest BCUT2D eigenvalue weighted by Crippen LogP contribution is 2.25. The first-order valence-electron chi connectivity index (χ1n) is 4.31. The van der Waals surface area contributed by atoms with E-state index in [1.165, 1.54) is 25.2 Å². The zero-order chi connectivity index (χ0) is 7.84. The zero-order valence-corrected chi connectivity index (χ0v) is 7.17. The third-order valence-corrected chi connectivity index (χ3v) is 2.40. The van der Waals surface area contributed by atoms with Gasteiger partial charge in [0.05, 0.1) is 5.69 Å². The fraction of sp³-hybridized carbons (Fsp3) is 0.667. The van der Waals surface area contributed by atoms with Crippen LogP contribution in [0.1, 0.15) is 37.2 Å². The predicted octanol–water partition coefficient (Wildman–Crippen LogP) is 2.09. The molecule has 0 bridgehead atoms. The van der Waals surface area contributed by atoms with E-state index in [0.29, 0.717) is 5.92 Å². The van der Waals surface area contributed by atoms with Gasteiger partial charge in [0, 0.05) is 18.7 Å². The van der Waals surface area contributed by atoms with Crippen molar-refractivity contribution in [1.82, 2.24) is 9.55 Å². The van der Waals surface area contributed by atoms with E-state index < -0.39 is 0 Å². The highest BCUT2D eigenvalue weighted by molar-refractivity contribution is 5.07. The van der Waals surface area contributed by atoms with Gasteiger partial charge in [-0.3, -0.25) is 0 Å². The smallest absolute Gasteiger partial charge is 0.111 e. The molecule has 0 fully saturated rings. The van der Waals surface area contributed by atoms with E-state index in [1.54, 1.807) is 0 Å². The van der Waals surface area contributed by atoms with Gasteiger partial charge in [0.25, 0.3) is 0 Å². The van der Waals surface area contributed by atoms with Crippen molar-refractivity contribution in [2.75, 3.05) is 0 Å². The van der Waals surface area contributed by atoms with E-state index in [4.69, 9.17) is 0 Å². The molecule has 0 amide bonds. The van der Waals surface area contributed by atoms with Gasteiger partial charge in [-0.05, 0) is 19.8 Å². The first kappa shape index (κ1) is 6.89. The average molecular weight is 150 g/mol.